The molecule has 1 fully saturated rings. The van der Waals surface area contributed by atoms with Crippen LogP contribution in [0.5, 0.6) is 0 Å². The molecule has 2 aromatic rings. The maximum atomic E-state index is 12.5. The summed E-state index contributed by atoms with van der Waals surface area (Å²) in [6, 6.07) is 13.2. The van der Waals surface area contributed by atoms with Crippen LogP contribution in [0.4, 0.5) is 0 Å². The Kier molecular flexibility index (Phi) is 4.79. The van der Waals surface area contributed by atoms with Gasteiger partial charge in [-0.3, -0.25) is 9.59 Å². The van der Waals surface area contributed by atoms with Crippen molar-refractivity contribution in [3.8, 4) is 17.2 Å². The minimum absolute atomic E-state index is 0.0174. The quantitative estimate of drug-likeness (QED) is 0.822. The highest BCUT2D eigenvalue weighted by Gasteiger charge is 2.37. The molecule has 0 aliphatic carbocycles. The van der Waals surface area contributed by atoms with Crippen LogP contribution in [-0.4, -0.2) is 40.5 Å². The van der Waals surface area contributed by atoms with Gasteiger partial charge in [0.2, 0.25) is 5.91 Å². The zero-order chi connectivity index (χ0) is 19.0. The van der Waals surface area contributed by atoms with Crippen LogP contribution in [0.1, 0.15) is 23.6 Å². The fraction of sp³-hybridized carbons (Fsp3) is 0.381. The molecule has 0 spiro atoms. The number of pyridine rings is 1. The van der Waals surface area contributed by atoms with E-state index in [1.165, 1.54) is 0 Å². The molecule has 4 rings (SSSR count). The summed E-state index contributed by atoms with van der Waals surface area (Å²) in [6.07, 6.45) is 2.94. The van der Waals surface area contributed by atoms with E-state index in [1.54, 1.807) is 23.9 Å². The second-order valence-electron chi connectivity index (χ2n) is 7.30. The van der Waals surface area contributed by atoms with E-state index in [-0.39, 0.29) is 17.4 Å². The van der Waals surface area contributed by atoms with Crippen molar-refractivity contribution in [2.75, 3.05) is 25.1 Å². The second-order valence-corrected chi connectivity index (χ2v) is 8.17. The van der Waals surface area contributed by atoms with Crippen LogP contribution in [0.3, 0.4) is 0 Å². The molecule has 1 aromatic carbocycles. The van der Waals surface area contributed by atoms with E-state index in [0.717, 1.165) is 29.8 Å². The number of nitrogens with zero attached hydrogens (tertiary/aromatic N) is 3. The van der Waals surface area contributed by atoms with Crippen molar-refractivity contribution in [2.24, 2.45) is 5.92 Å². The molecule has 2 aliphatic heterocycles. The smallest absolute Gasteiger partial charge is 0.250 e. The molecule has 0 saturated carbocycles. The van der Waals surface area contributed by atoms with Crippen LogP contribution >= 0.6 is 11.8 Å². The number of hydrogen-bond acceptors (Lipinski definition) is 4. The third-order valence-electron chi connectivity index (χ3n) is 5.51. The van der Waals surface area contributed by atoms with E-state index in [0.29, 0.717) is 30.3 Å². The molecular formula is C21H21N3O2S. The highest BCUT2D eigenvalue weighted by atomic mass is 32.2. The van der Waals surface area contributed by atoms with Gasteiger partial charge >= 0.3 is 0 Å². The number of carbonyl (C=O) groups is 1. The molecule has 6 heteroatoms. The van der Waals surface area contributed by atoms with Crippen molar-refractivity contribution in [3.05, 3.63) is 58.0 Å². The van der Waals surface area contributed by atoms with Gasteiger partial charge < -0.3 is 9.47 Å². The van der Waals surface area contributed by atoms with E-state index in [1.807, 2.05) is 40.0 Å². The Hall–Kier alpha value is -2.52. The molecule has 0 unspecified atom stereocenters. The van der Waals surface area contributed by atoms with E-state index < -0.39 is 0 Å². The van der Waals surface area contributed by atoms with Gasteiger partial charge in [-0.15, -0.1) is 0 Å². The average molecular weight is 379 g/mol. The molecular weight excluding hydrogens is 358 g/mol. The van der Waals surface area contributed by atoms with Gasteiger partial charge in [-0.25, -0.2) is 0 Å². The lowest BCUT2D eigenvalue weighted by Crippen LogP contribution is -2.49. The maximum absolute atomic E-state index is 12.5. The van der Waals surface area contributed by atoms with Crippen LogP contribution in [0.2, 0.25) is 0 Å². The number of likely N-dealkylation sites (tertiary alicyclic amines) is 1. The Morgan fingerprint density at radius 2 is 2.11 bits per heavy atom. The standard InChI is InChI=1S/C21H21N3O2S/c1-27-13-20(26)23-10-15-8-17(12-23)21-18(5-6-19(25)24(21)11-15)16-4-2-3-14(7-16)9-22/h2-7,15,17H,8,10-13H2,1H3/t15-,17+/m0/s1. The lowest BCUT2D eigenvalue weighted by Gasteiger charge is -2.43. The molecule has 27 heavy (non-hydrogen) atoms. The number of amides is 1. The number of piperidine rings is 1. The SMILES string of the molecule is CSCC(=O)N1C[C@@H]2C[C@H](C1)c1c(-c3cccc(C#N)c3)ccc(=O)n1C2. The van der Waals surface area contributed by atoms with E-state index >= 15 is 0 Å². The summed E-state index contributed by atoms with van der Waals surface area (Å²) in [7, 11) is 0. The molecule has 1 aromatic heterocycles. The Morgan fingerprint density at radius 1 is 1.26 bits per heavy atom. The predicted molar refractivity (Wildman–Crippen MR) is 107 cm³/mol. The van der Waals surface area contributed by atoms with Crippen molar-refractivity contribution < 1.29 is 4.79 Å². The van der Waals surface area contributed by atoms with E-state index in [9.17, 15) is 14.9 Å². The Morgan fingerprint density at radius 3 is 2.89 bits per heavy atom. The van der Waals surface area contributed by atoms with Crippen molar-refractivity contribution in [1.29, 1.82) is 5.26 Å². The van der Waals surface area contributed by atoms with Crippen LogP contribution < -0.4 is 5.56 Å². The van der Waals surface area contributed by atoms with Gasteiger partial charge in [-0.1, -0.05) is 12.1 Å². The largest absolute Gasteiger partial charge is 0.341 e. The van der Waals surface area contributed by atoms with Gasteiger partial charge in [0.25, 0.3) is 5.56 Å². The minimum Gasteiger partial charge on any atom is -0.341 e. The third kappa shape index (κ3) is 3.28. The normalized spacial score (nSPS) is 20.7. The first-order valence-electron chi connectivity index (χ1n) is 9.11. The summed E-state index contributed by atoms with van der Waals surface area (Å²) in [6.45, 7) is 2.04. The lowest BCUT2D eigenvalue weighted by molar-refractivity contribution is -0.131. The van der Waals surface area contributed by atoms with Crippen molar-refractivity contribution >= 4 is 17.7 Å². The lowest BCUT2D eigenvalue weighted by atomic mass is 9.80. The van der Waals surface area contributed by atoms with Gasteiger partial charge in [-0.2, -0.15) is 17.0 Å². The number of carbonyl (C=O) groups excluding carboxylic acids is 1. The van der Waals surface area contributed by atoms with E-state index in [2.05, 4.69) is 6.07 Å². The third-order valence-corrected chi connectivity index (χ3v) is 6.05. The van der Waals surface area contributed by atoms with Gasteiger partial charge in [-0.05, 0) is 42.4 Å². The van der Waals surface area contributed by atoms with Gasteiger partial charge in [0, 0.05) is 42.9 Å². The second kappa shape index (κ2) is 7.24. The molecule has 1 amide bonds. The fourth-order valence-corrected chi connectivity index (χ4v) is 4.86. The summed E-state index contributed by atoms with van der Waals surface area (Å²) < 4.78 is 1.89. The number of fused-ring (bicyclic) bond motifs is 4. The molecule has 2 bridgehead atoms. The van der Waals surface area contributed by atoms with Crippen LogP contribution in [-0.2, 0) is 11.3 Å². The van der Waals surface area contributed by atoms with Gasteiger partial charge in [0.1, 0.15) is 0 Å². The summed E-state index contributed by atoms with van der Waals surface area (Å²) in [5, 5.41) is 9.23. The zero-order valence-corrected chi connectivity index (χ0v) is 16.0. The first-order chi connectivity index (χ1) is 13.1. The Balaban J connectivity index is 1.79. The fourth-order valence-electron chi connectivity index (χ4n) is 4.43. The van der Waals surface area contributed by atoms with E-state index in [4.69, 9.17) is 0 Å². The predicted octanol–water partition coefficient (Wildman–Crippen LogP) is 2.70. The number of rotatable bonds is 3. The molecule has 2 atom stereocenters. The molecule has 0 N–H and O–H groups in total. The van der Waals surface area contributed by atoms with Crippen LogP contribution in [0.15, 0.2) is 41.2 Å². The monoisotopic (exact) mass is 379 g/mol. The maximum Gasteiger partial charge on any atom is 0.250 e. The molecule has 5 nitrogen and oxygen atoms in total. The molecule has 0 radical (unpaired) electrons. The first kappa shape index (κ1) is 17.9. The Labute approximate surface area is 162 Å². The van der Waals surface area contributed by atoms with Crippen molar-refractivity contribution in [3.63, 3.8) is 0 Å². The molecule has 138 valence electrons. The zero-order valence-electron chi connectivity index (χ0n) is 15.2. The number of benzene rings is 1. The van der Waals surface area contributed by atoms with Crippen molar-refractivity contribution in [2.45, 2.75) is 18.9 Å². The highest BCUT2D eigenvalue weighted by Crippen LogP contribution is 2.40. The number of aromatic nitrogens is 1. The Bertz CT molecular complexity index is 992. The minimum atomic E-state index is 0.0174. The average Bonchev–Trinajstić information content (AvgIpc) is 2.69. The molecule has 1 saturated heterocycles. The highest BCUT2D eigenvalue weighted by molar-refractivity contribution is 7.99. The topological polar surface area (TPSA) is 66.1 Å². The molecule has 2 aliphatic rings. The van der Waals surface area contributed by atoms with Gasteiger partial charge in [0.05, 0.1) is 17.4 Å². The number of hydrogen-bond donors (Lipinski definition) is 0. The number of thioether (sulfide) groups is 1. The number of nitriles is 1. The van der Waals surface area contributed by atoms with Crippen molar-refractivity contribution in [1.82, 2.24) is 9.47 Å². The summed E-state index contributed by atoms with van der Waals surface area (Å²) >= 11 is 1.55. The van der Waals surface area contributed by atoms with Gasteiger partial charge in [0.15, 0.2) is 0 Å². The van der Waals surface area contributed by atoms with Crippen LogP contribution in [0.25, 0.3) is 11.1 Å². The molecule has 3 heterocycles. The summed E-state index contributed by atoms with van der Waals surface area (Å²) in [5.74, 6) is 1.15. The first-order valence-corrected chi connectivity index (χ1v) is 10.5. The summed E-state index contributed by atoms with van der Waals surface area (Å²) in [5.41, 5.74) is 3.57. The summed E-state index contributed by atoms with van der Waals surface area (Å²) in [4.78, 5) is 27.0. The van der Waals surface area contributed by atoms with Crippen LogP contribution in [0, 0.1) is 17.2 Å².